The van der Waals surface area contributed by atoms with E-state index in [1.54, 1.807) is 0 Å². The van der Waals surface area contributed by atoms with Gasteiger partial charge in [0, 0.05) is 16.9 Å². The molecule has 8 aromatic carbocycles. The molecule has 1 heteroatoms. The van der Waals surface area contributed by atoms with Crippen LogP contribution in [0.2, 0.25) is 0 Å². The highest BCUT2D eigenvalue weighted by Gasteiger charge is 2.52. The number of hydrogen-bond acceptors (Lipinski definition) is 1. The van der Waals surface area contributed by atoms with Crippen molar-refractivity contribution in [3.63, 3.8) is 0 Å². The van der Waals surface area contributed by atoms with Crippen LogP contribution in [0.3, 0.4) is 0 Å². The Morgan fingerprint density at radius 1 is 0.288 bits per heavy atom. The number of fused-ring (bicyclic) bond motifs is 12. The van der Waals surface area contributed by atoms with Crippen molar-refractivity contribution >= 4 is 17.1 Å². The van der Waals surface area contributed by atoms with Gasteiger partial charge in [0.2, 0.25) is 0 Å². The van der Waals surface area contributed by atoms with Crippen molar-refractivity contribution in [1.29, 1.82) is 0 Å². The van der Waals surface area contributed by atoms with Gasteiger partial charge in [-0.1, -0.05) is 183 Å². The summed E-state index contributed by atoms with van der Waals surface area (Å²) in [4.78, 5) is 2.61. The van der Waals surface area contributed by atoms with Crippen molar-refractivity contribution in [2.45, 2.75) is 108 Å². The van der Waals surface area contributed by atoms with E-state index in [0.29, 0.717) is 0 Å². The lowest BCUT2D eigenvalue weighted by Gasteiger charge is -2.43. The predicted octanol–water partition coefficient (Wildman–Crippen LogP) is 17.5. The summed E-state index contributed by atoms with van der Waals surface area (Å²) in [6.07, 6.45) is 4.66. The van der Waals surface area contributed by atoms with Gasteiger partial charge in [-0.25, -0.2) is 0 Å². The van der Waals surface area contributed by atoms with Gasteiger partial charge in [0.05, 0.1) is 11.1 Å². The smallest absolute Gasteiger partial charge is 0.0726 e. The number of rotatable bonds is 5. The second-order valence-corrected chi connectivity index (χ2v) is 22.5. The molecule has 0 radical (unpaired) electrons. The van der Waals surface area contributed by atoms with E-state index in [0.717, 1.165) is 18.5 Å². The molecule has 4 aliphatic rings. The number of para-hydroxylation sites is 1. The number of nitrogens with zero attached hydrogens (tertiary/aromatic N) is 1. The highest BCUT2D eigenvalue weighted by atomic mass is 15.1. The van der Waals surface area contributed by atoms with Crippen LogP contribution in [-0.4, -0.2) is 0 Å². The minimum absolute atomic E-state index is 0.0234. The molecule has 0 aromatic heterocycles. The molecule has 0 aliphatic heterocycles. The second-order valence-electron chi connectivity index (χ2n) is 22.5. The molecule has 0 atom stereocenters. The first kappa shape index (κ1) is 41.0. The van der Waals surface area contributed by atoms with E-state index in [9.17, 15) is 0 Å². The Morgan fingerprint density at radius 3 is 1.27 bits per heavy atom. The standard InChI is InChI=1S/C65H61N/c1-61(2)33-34-62(3,4)57-37-44(31-32-55(57)61)66(43-23-13-10-14-24-43)60-41-56-50(47-27-17-20-30-54(47)65(56)52-28-18-15-25-45(52)46-26-16-19-29-53(46)65)38-51(60)49-40-59-58(63(5,6)35-36-64(59,7)8)39-48(49)42-21-11-9-12-22-42/h9-32,37-41H,33-36H2,1-8H3. The third kappa shape index (κ3) is 5.84. The average molecular weight is 856 g/mol. The molecular weight excluding hydrogens is 795 g/mol. The molecule has 0 bridgehead atoms. The predicted molar refractivity (Wildman–Crippen MR) is 279 cm³/mol. The third-order valence-electron chi connectivity index (χ3n) is 16.8. The molecule has 12 rings (SSSR count). The highest BCUT2D eigenvalue weighted by molar-refractivity contribution is 6.02. The monoisotopic (exact) mass is 855 g/mol. The summed E-state index contributed by atoms with van der Waals surface area (Å²) in [5.74, 6) is 0. The number of anilines is 3. The van der Waals surface area contributed by atoms with Crippen LogP contribution in [0.5, 0.6) is 0 Å². The zero-order valence-corrected chi connectivity index (χ0v) is 40.0. The SMILES string of the molecule is CC1(C)CCC(C)(C)c2cc(N(c3ccccc3)c3cc4c(cc3-c3cc5c(cc3-c3ccccc3)C(C)(C)CCC5(C)C)-c3ccccc3C43c4ccccc4-c4ccccc43)ccc21. The minimum Gasteiger partial charge on any atom is -0.310 e. The Bertz CT molecular complexity index is 3210. The fraction of sp³-hybridized carbons (Fsp3) is 0.262. The Hall–Kier alpha value is -6.44. The highest BCUT2D eigenvalue weighted by Crippen LogP contribution is 2.65. The van der Waals surface area contributed by atoms with Gasteiger partial charge in [-0.3, -0.25) is 0 Å². The van der Waals surface area contributed by atoms with Crippen LogP contribution in [0.1, 0.15) is 126 Å². The first-order valence-electron chi connectivity index (χ1n) is 24.4. The topological polar surface area (TPSA) is 3.24 Å². The average Bonchev–Trinajstić information content (AvgIpc) is 3.79. The van der Waals surface area contributed by atoms with Crippen molar-refractivity contribution in [3.8, 4) is 44.5 Å². The van der Waals surface area contributed by atoms with E-state index in [-0.39, 0.29) is 21.7 Å². The second kappa shape index (κ2) is 14.3. The van der Waals surface area contributed by atoms with Crippen LogP contribution in [0, 0.1) is 0 Å². The maximum Gasteiger partial charge on any atom is 0.0726 e. The van der Waals surface area contributed by atoms with Gasteiger partial charge in [0.15, 0.2) is 0 Å². The van der Waals surface area contributed by atoms with Gasteiger partial charge >= 0.3 is 0 Å². The lowest BCUT2D eigenvalue weighted by molar-refractivity contribution is 0.332. The normalized spacial score (nSPS) is 18.1. The summed E-state index contributed by atoms with van der Waals surface area (Å²) in [6.45, 7) is 19.6. The van der Waals surface area contributed by atoms with Crippen LogP contribution in [0.25, 0.3) is 44.5 Å². The van der Waals surface area contributed by atoms with Gasteiger partial charge < -0.3 is 4.90 Å². The fourth-order valence-corrected chi connectivity index (χ4v) is 12.9. The molecule has 0 N–H and O–H groups in total. The molecule has 0 saturated heterocycles. The summed E-state index contributed by atoms with van der Waals surface area (Å²) >= 11 is 0. The maximum atomic E-state index is 2.63. The molecule has 4 aliphatic carbocycles. The van der Waals surface area contributed by atoms with Crippen molar-refractivity contribution in [2.75, 3.05) is 4.90 Å². The summed E-state index contributed by atoms with van der Waals surface area (Å²) in [5.41, 5.74) is 25.0. The molecule has 326 valence electrons. The third-order valence-corrected chi connectivity index (χ3v) is 16.8. The molecule has 1 spiro atoms. The quantitative estimate of drug-likeness (QED) is 0.167. The van der Waals surface area contributed by atoms with Gasteiger partial charge in [0.25, 0.3) is 0 Å². The molecule has 0 unspecified atom stereocenters. The van der Waals surface area contributed by atoms with Crippen molar-refractivity contribution in [2.24, 2.45) is 0 Å². The largest absolute Gasteiger partial charge is 0.310 e. The first-order valence-corrected chi connectivity index (χ1v) is 24.4. The molecule has 66 heavy (non-hydrogen) atoms. The van der Waals surface area contributed by atoms with Crippen LogP contribution in [0.15, 0.2) is 176 Å². The summed E-state index contributed by atoms with van der Waals surface area (Å²) in [7, 11) is 0. The van der Waals surface area contributed by atoms with E-state index in [1.807, 2.05) is 0 Å². The Balaban J connectivity index is 1.25. The van der Waals surface area contributed by atoms with Crippen molar-refractivity contribution in [1.82, 2.24) is 0 Å². The molecule has 0 heterocycles. The molecule has 0 saturated carbocycles. The Kier molecular flexibility index (Phi) is 8.88. The summed E-state index contributed by atoms with van der Waals surface area (Å²) in [5, 5.41) is 0. The van der Waals surface area contributed by atoms with Crippen LogP contribution < -0.4 is 4.90 Å². The minimum atomic E-state index is -0.485. The van der Waals surface area contributed by atoms with Gasteiger partial charge in [0.1, 0.15) is 0 Å². The summed E-state index contributed by atoms with van der Waals surface area (Å²) in [6, 6.07) is 68.0. The van der Waals surface area contributed by atoms with Crippen LogP contribution in [-0.2, 0) is 27.1 Å². The van der Waals surface area contributed by atoms with E-state index in [1.165, 1.54) is 113 Å². The van der Waals surface area contributed by atoms with E-state index in [2.05, 4.69) is 236 Å². The van der Waals surface area contributed by atoms with Gasteiger partial charge in [-0.2, -0.15) is 0 Å². The van der Waals surface area contributed by atoms with E-state index >= 15 is 0 Å². The van der Waals surface area contributed by atoms with Crippen molar-refractivity contribution < 1.29 is 0 Å². The fourth-order valence-electron chi connectivity index (χ4n) is 12.9. The Morgan fingerprint density at radius 2 is 0.727 bits per heavy atom. The molecular formula is C65H61N. The first-order chi connectivity index (χ1) is 31.7. The zero-order chi connectivity index (χ0) is 45.4. The molecule has 1 nitrogen and oxygen atoms in total. The van der Waals surface area contributed by atoms with Crippen molar-refractivity contribution in [3.05, 3.63) is 220 Å². The maximum absolute atomic E-state index is 2.63. The van der Waals surface area contributed by atoms with Gasteiger partial charge in [-0.05, 0) is 179 Å². The van der Waals surface area contributed by atoms with E-state index < -0.39 is 5.41 Å². The van der Waals surface area contributed by atoms with Crippen LogP contribution >= 0.6 is 0 Å². The lowest BCUT2D eigenvalue weighted by Crippen LogP contribution is -2.34. The Labute approximate surface area is 393 Å². The number of hydrogen-bond donors (Lipinski definition) is 0. The molecule has 0 fully saturated rings. The van der Waals surface area contributed by atoms with Gasteiger partial charge in [-0.15, -0.1) is 0 Å². The molecule has 0 amide bonds. The number of benzene rings is 8. The van der Waals surface area contributed by atoms with Crippen LogP contribution in [0.4, 0.5) is 17.1 Å². The summed E-state index contributed by atoms with van der Waals surface area (Å²) < 4.78 is 0. The zero-order valence-electron chi connectivity index (χ0n) is 40.0. The lowest BCUT2D eigenvalue weighted by atomic mass is 9.62. The van der Waals surface area contributed by atoms with E-state index in [4.69, 9.17) is 0 Å². The molecule has 8 aromatic rings.